The Hall–Kier alpha value is -0.800. The molecule has 0 bridgehead atoms. The van der Waals surface area contributed by atoms with Crippen LogP contribution in [0.4, 0.5) is 0 Å². The number of likely N-dealkylation sites (tertiary alicyclic amines) is 1. The van der Waals surface area contributed by atoms with Gasteiger partial charge in [-0.25, -0.2) is 0 Å². The summed E-state index contributed by atoms with van der Waals surface area (Å²) in [5, 5.41) is 3.43. The molecule has 1 fully saturated rings. The van der Waals surface area contributed by atoms with Gasteiger partial charge in [0.1, 0.15) is 11.5 Å². The molecular weight excluding hydrogens is 248 g/mol. The topological polar surface area (TPSA) is 28.4 Å². The Labute approximate surface area is 123 Å². The van der Waals surface area contributed by atoms with E-state index in [4.69, 9.17) is 4.42 Å². The number of hydrogen-bond donors (Lipinski definition) is 1. The van der Waals surface area contributed by atoms with E-state index in [1.54, 1.807) is 0 Å². The minimum atomic E-state index is 0.492. The van der Waals surface area contributed by atoms with Crippen molar-refractivity contribution in [2.24, 2.45) is 5.92 Å². The summed E-state index contributed by atoms with van der Waals surface area (Å²) in [4.78, 5) is 2.56. The van der Waals surface area contributed by atoms with Gasteiger partial charge in [-0.05, 0) is 50.8 Å². The first-order valence-electron chi connectivity index (χ1n) is 8.03. The second-order valence-corrected chi connectivity index (χ2v) is 6.69. The molecule has 0 radical (unpaired) electrons. The second kappa shape index (κ2) is 6.77. The van der Waals surface area contributed by atoms with Crippen molar-refractivity contribution in [1.82, 2.24) is 10.2 Å². The van der Waals surface area contributed by atoms with Gasteiger partial charge in [0.15, 0.2) is 0 Å². The van der Waals surface area contributed by atoms with E-state index in [0.717, 1.165) is 30.5 Å². The van der Waals surface area contributed by atoms with Crippen LogP contribution in [0.2, 0.25) is 0 Å². The normalized spacial score (nSPS) is 24.5. The van der Waals surface area contributed by atoms with Crippen LogP contribution in [0.3, 0.4) is 0 Å². The molecule has 3 heteroatoms. The Morgan fingerprint density at radius 3 is 2.85 bits per heavy atom. The van der Waals surface area contributed by atoms with Gasteiger partial charge in [0.2, 0.25) is 0 Å². The van der Waals surface area contributed by atoms with Crippen molar-refractivity contribution in [3.63, 3.8) is 0 Å². The van der Waals surface area contributed by atoms with E-state index < -0.39 is 0 Å². The van der Waals surface area contributed by atoms with Crippen molar-refractivity contribution in [2.75, 3.05) is 6.54 Å². The van der Waals surface area contributed by atoms with E-state index in [1.807, 2.05) is 0 Å². The molecule has 1 aliphatic heterocycles. The van der Waals surface area contributed by atoms with Gasteiger partial charge in [0.05, 0.1) is 13.1 Å². The molecule has 2 atom stereocenters. The summed E-state index contributed by atoms with van der Waals surface area (Å²) in [6.45, 7) is 14.2. The fraction of sp³-hybridized carbons (Fsp3) is 0.765. The molecule has 1 saturated heterocycles. The Morgan fingerprint density at radius 2 is 2.15 bits per heavy atom. The fourth-order valence-corrected chi connectivity index (χ4v) is 2.98. The number of aryl methyl sites for hydroxylation is 1. The van der Waals surface area contributed by atoms with Crippen molar-refractivity contribution in [3.8, 4) is 0 Å². The average molecular weight is 278 g/mol. The number of piperidine rings is 1. The third-order valence-corrected chi connectivity index (χ3v) is 4.61. The summed E-state index contributed by atoms with van der Waals surface area (Å²) in [6, 6.07) is 3.36. The second-order valence-electron chi connectivity index (χ2n) is 6.69. The summed E-state index contributed by atoms with van der Waals surface area (Å²) >= 11 is 0. The molecule has 0 spiro atoms. The van der Waals surface area contributed by atoms with Gasteiger partial charge in [0, 0.05) is 12.1 Å². The zero-order valence-corrected chi connectivity index (χ0v) is 13.7. The van der Waals surface area contributed by atoms with Crippen LogP contribution in [0.1, 0.15) is 57.6 Å². The summed E-state index contributed by atoms with van der Waals surface area (Å²) in [7, 11) is 0. The van der Waals surface area contributed by atoms with E-state index in [-0.39, 0.29) is 0 Å². The lowest BCUT2D eigenvalue weighted by molar-refractivity contribution is 0.0981. The molecule has 0 aromatic carbocycles. The third-order valence-electron chi connectivity index (χ3n) is 4.61. The summed E-state index contributed by atoms with van der Waals surface area (Å²) in [6.07, 6.45) is 2.67. The maximum absolute atomic E-state index is 6.05. The SMILES string of the molecule is Cc1cc(CN2CCCC(C)C2C)oc1CNC(C)C. The lowest BCUT2D eigenvalue weighted by Crippen LogP contribution is -2.41. The molecule has 0 amide bonds. The number of hydrogen-bond acceptors (Lipinski definition) is 3. The van der Waals surface area contributed by atoms with Gasteiger partial charge in [0.25, 0.3) is 0 Å². The van der Waals surface area contributed by atoms with Crippen LogP contribution < -0.4 is 5.32 Å². The predicted octanol–water partition coefficient (Wildman–Crippen LogP) is 3.71. The Kier molecular flexibility index (Phi) is 5.28. The molecule has 0 aliphatic carbocycles. The smallest absolute Gasteiger partial charge is 0.120 e. The molecule has 2 rings (SSSR count). The standard InChI is InChI=1S/C17H30N2O/c1-12(2)18-10-17-14(4)9-16(20-17)11-19-8-6-7-13(3)15(19)5/h9,12-13,15,18H,6-8,10-11H2,1-5H3. The first-order chi connectivity index (χ1) is 9.47. The van der Waals surface area contributed by atoms with Gasteiger partial charge in [-0.2, -0.15) is 0 Å². The lowest BCUT2D eigenvalue weighted by atomic mass is 9.92. The van der Waals surface area contributed by atoms with Crippen molar-refractivity contribution < 1.29 is 4.42 Å². The summed E-state index contributed by atoms with van der Waals surface area (Å²) in [5.74, 6) is 3.00. The maximum Gasteiger partial charge on any atom is 0.120 e. The molecule has 1 N–H and O–H groups in total. The lowest BCUT2D eigenvalue weighted by Gasteiger charge is -2.37. The number of nitrogens with zero attached hydrogens (tertiary/aromatic N) is 1. The van der Waals surface area contributed by atoms with Crippen LogP contribution in [0.15, 0.2) is 10.5 Å². The third kappa shape index (κ3) is 3.86. The van der Waals surface area contributed by atoms with E-state index in [9.17, 15) is 0 Å². The van der Waals surface area contributed by atoms with Crippen molar-refractivity contribution in [3.05, 3.63) is 23.2 Å². The van der Waals surface area contributed by atoms with Crippen LogP contribution in [0, 0.1) is 12.8 Å². The van der Waals surface area contributed by atoms with Gasteiger partial charge in [-0.3, -0.25) is 4.90 Å². The molecule has 1 aliphatic rings. The van der Waals surface area contributed by atoms with Gasteiger partial charge >= 0.3 is 0 Å². The summed E-state index contributed by atoms with van der Waals surface area (Å²) in [5.41, 5.74) is 1.27. The highest BCUT2D eigenvalue weighted by Gasteiger charge is 2.25. The Morgan fingerprint density at radius 1 is 1.40 bits per heavy atom. The Balaban J connectivity index is 1.97. The van der Waals surface area contributed by atoms with Crippen LogP contribution in [0.25, 0.3) is 0 Å². The van der Waals surface area contributed by atoms with E-state index in [1.165, 1.54) is 24.9 Å². The zero-order valence-electron chi connectivity index (χ0n) is 13.7. The van der Waals surface area contributed by atoms with Gasteiger partial charge in [-0.15, -0.1) is 0 Å². The van der Waals surface area contributed by atoms with Crippen LogP contribution in [-0.4, -0.2) is 23.5 Å². The number of nitrogens with one attached hydrogen (secondary N) is 1. The first-order valence-corrected chi connectivity index (χ1v) is 8.03. The minimum Gasteiger partial charge on any atom is -0.463 e. The molecule has 2 heterocycles. The molecule has 2 unspecified atom stereocenters. The highest BCUT2D eigenvalue weighted by atomic mass is 16.3. The van der Waals surface area contributed by atoms with Crippen molar-refractivity contribution in [2.45, 2.75) is 72.6 Å². The monoisotopic (exact) mass is 278 g/mol. The minimum absolute atomic E-state index is 0.492. The highest BCUT2D eigenvalue weighted by molar-refractivity contribution is 5.20. The van der Waals surface area contributed by atoms with Crippen molar-refractivity contribution in [1.29, 1.82) is 0 Å². The van der Waals surface area contributed by atoms with Crippen LogP contribution in [0.5, 0.6) is 0 Å². The molecule has 1 aromatic heterocycles. The van der Waals surface area contributed by atoms with Crippen LogP contribution in [-0.2, 0) is 13.1 Å². The van der Waals surface area contributed by atoms with E-state index in [2.05, 4.69) is 50.9 Å². The molecule has 3 nitrogen and oxygen atoms in total. The molecular formula is C17H30N2O. The molecule has 1 aromatic rings. The molecule has 20 heavy (non-hydrogen) atoms. The molecule has 0 saturated carbocycles. The Bertz CT molecular complexity index is 425. The summed E-state index contributed by atoms with van der Waals surface area (Å²) < 4.78 is 6.05. The largest absolute Gasteiger partial charge is 0.463 e. The number of furan rings is 1. The van der Waals surface area contributed by atoms with Gasteiger partial charge < -0.3 is 9.73 Å². The fourth-order valence-electron chi connectivity index (χ4n) is 2.98. The van der Waals surface area contributed by atoms with E-state index >= 15 is 0 Å². The number of rotatable bonds is 5. The van der Waals surface area contributed by atoms with Crippen molar-refractivity contribution >= 4 is 0 Å². The average Bonchev–Trinajstić information content (AvgIpc) is 2.73. The quantitative estimate of drug-likeness (QED) is 0.890. The van der Waals surface area contributed by atoms with Gasteiger partial charge in [-0.1, -0.05) is 20.8 Å². The maximum atomic E-state index is 6.05. The predicted molar refractivity (Wildman–Crippen MR) is 83.7 cm³/mol. The zero-order chi connectivity index (χ0) is 14.7. The van der Waals surface area contributed by atoms with Crippen LogP contribution >= 0.6 is 0 Å². The van der Waals surface area contributed by atoms with E-state index in [0.29, 0.717) is 12.1 Å². The first kappa shape index (κ1) is 15.6. The highest BCUT2D eigenvalue weighted by Crippen LogP contribution is 2.25. The molecule has 114 valence electrons.